The highest BCUT2D eigenvalue weighted by molar-refractivity contribution is 7.09. The molecule has 0 saturated heterocycles. The molecule has 21 heavy (non-hydrogen) atoms. The number of thiazole rings is 1. The Hall–Kier alpha value is -2.48. The number of nitrogens with zero attached hydrogens (tertiary/aromatic N) is 2. The average molecular weight is 307 g/mol. The van der Waals surface area contributed by atoms with E-state index >= 15 is 0 Å². The molecule has 0 saturated carbocycles. The second-order valence-corrected chi connectivity index (χ2v) is 5.37. The van der Waals surface area contributed by atoms with Crippen molar-refractivity contribution >= 4 is 22.9 Å². The minimum Gasteiger partial charge on any atom is -0.502 e. The maximum Gasteiger partial charge on any atom is 0.310 e. The van der Waals surface area contributed by atoms with Crippen LogP contribution in [0.3, 0.4) is 0 Å². The van der Waals surface area contributed by atoms with Gasteiger partial charge in [0, 0.05) is 35.7 Å². The Morgan fingerprint density at radius 2 is 2.33 bits per heavy atom. The number of nitrogens with one attached hydrogen (secondary N) is 1. The van der Waals surface area contributed by atoms with E-state index in [1.165, 1.54) is 17.4 Å². The van der Waals surface area contributed by atoms with Crippen LogP contribution in [0, 0.1) is 10.1 Å². The molecular weight excluding hydrogens is 294 g/mol. The summed E-state index contributed by atoms with van der Waals surface area (Å²) in [5.41, 5.74) is -0.257. The van der Waals surface area contributed by atoms with Crippen molar-refractivity contribution in [2.45, 2.75) is 12.8 Å². The SMILES string of the molecule is CC(CNC(=O)c1ccc([N+](=O)[O-])c(O)c1)c1nccs1. The average Bonchev–Trinajstić information content (AvgIpc) is 2.98. The summed E-state index contributed by atoms with van der Waals surface area (Å²) >= 11 is 1.51. The molecular formula is C13H13N3O4S. The van der Waals surface area contributed by atoms with E-state index in [1.807, 2.05) is 12.3 Å². The van der Waals surface area contributed by atoms with Crippen molar-refractivity contribution in [3.63, 3.8) is 0 Å². The molecule has 1 aromatic heterocycles. The lowest BCUT2D eigenvalue weighted by molar-refractivity contribution is -0.385. The summed E-state index contributed by atoms with van der Waals surface area (Å²) in [7, 11) is 0. The molecule has 0 aliphatic heterocycles. The van der Waals surface area contributed by atoms with Gasteiger partial charge in [0.1, 0.15) is 0 Å². The summed E-state index contributed by atoms with van der Waals surface area (Å²) < 4.78 is 0. The van der Waals surface area contributed by atoms with Crippen LogP contribution in [0.2, 0.25) is 0 Å². The molecule has 1 unspecified atom stereocenters. The van der Waals surface area contributed by atoms with E-state index < -0.39 is 22.3 Å². The van der Waals surface area contributed by atoms with Gasteiger partial charge in [-0.1, -0.05) is 6.92 Å². The van der Waals surface area contributed by atoms with Crippen molar-refractivity contribution in [3.05, 3.63) is 50.5 Å². The van der Waals surface area contributed by atoms with Crippen LogP contribution >= 0.6 is 11.3 Å². The van der Waals surface area contributed by atoms with E-state index in [9.17, 15) is 20.0 Å². The minimum absolute atomic E-state index is 0.0700. The molecule has 8 heteroatoms. The predicted molar refractivity (Wildman–Crippen MR) is 77.6 cm³/mol. The number of carbonyl (C=O) groups excluding carboxylic acids is 1. The van der Waals surface area contributed by atoms with Gasteiger partial charge in [-0.3, -0.25) is 14.9 Å². The van der Waals surface area contributed by atoms with E-state index in [-0.39, 0.29) is 11.5 Å². The third-order valence-electron chi connectivity index (χ3n) is 2.88. The number of benzene rings is 1. The highest BCUT2D eigenvalue weighted by atomic mass is 32.1. The third-order valence-corrected chi connectivity index (χ3v) is 3.88. The monoisotopic (exact) mass is 307 g/mol. The lowest BCUT2D eigenvalue weighted by Crippen LogP contribution is -2.27. The first-order valence-corrected chi connectivity index (χ1v) is 7.02. The summed E-state index contributed by atoms with van der Waals surface area (Å²) in [6.45, 7) is 2.33. The second kappa shape index (κ2) is 6.31. The van der Waals surface area contributed by atoms with E-state index in [1.54, 1.807) is 6.20 Å². The number of hydrogen-bond acceptors (Lipinski definition) is 6. The van der Waals surface area contributed by atoms with Crippen LogP contribution in [0.5, 0.6) is 5.75 Å². The molecule has 1 heterocycles. The van der Waals surface area contributed by atoms with Crippen molar-refractivity contribution < 1.29 is 14.8 Å². The van der Waals surface area contributed by atoms with E-state index in [2.05, 4.69) is 10.3 Å². The van der Waals surface area contributed by atoms with Gasteiger partial charge < -0.3 is 10.4 Å². The van der Waals surface area contributed by atoms with Crippen LogP contribution in [-0.4, -0.2) is 27.5 Å². The maximum atomic E-state index is 11.9. The van der Waals surface area contributed by atoms with Gasteiger partial charge in [-0.05, 0) is 12.1 Å². The molecule has 0 spiro atoms. The van der Waals surface area contributed by atoms with Gasteiger partial charge in [0.15, 0.2) is 5.75 Å². The maximum absolute atomic E-state index is 11.9. The van der Waals surface area contributed by atoms with Gasteiger partial charge in [0.05, 0.1) is 9.93 Å². The number of nitro benzene ring substituents is 1. The zero-order valence-electron chi connectivity index (χ0n) is 11.1. The Morgan fingerprint density at radius 3 is 2.90 bits per heavy atom. The lowest BCUT2D eigenvalue weighted by Gasteiger charge is -2.10. The van der Waals surface area contributed by atoms with Crippen molar-refractivity contribution in [1.29, 1.82) is 0 Å². The Balaban J connectivity index is 2.00. The van der Waals surface area contributed by atoms with Crippen LogP contribution in [0.15, 0.2) is 29.8 Å². The molecule has 0 aliphatic carbocycles. The van der Waals surface area contributed by atoms with Gasteiger partial charge >= 0.3 is 5.69 Å². The van der Waals surface area contributed by atoms with Crippen LogP contribution in [-0.2, 0) is 0 Å². The molecule has 7 nitrogen and oxygen atoms in total. The van der Waals surface area contributed by atoms with Crippen LogP contribution in [0.4, 0.5) is 5.69 Å². The summed E-state index contributed by atoms with van der Waals surface area (Å²) in [6.07, 6.45) is 1.70. The normalized spacial score (nSPS) is 11.9. The number of rotatable bonds is 5. The third kappa shape index (κ3) is 3.54. The zero-order chi connectivity index (χ0) is 15.4. The molecule has 0 aliphatic rings. The molecule has 0 fully saturated rings. The smallest absolute Gasteiger partial charge is 0.310 e. The molecule has 0 bridgehead atoms. The zero-order valence-corrected chi connectivity index (χ0v) is 12.0. The fraction of sp³-hybridized carbons (Fsp3) is 0.231. The highest BCUT2D eigenvalue weighted by Crippen LogP contribution is 2.26. The quantitative estimate of drug-likeness (QED) is 0.651. The minimum atomic E-state index is -0.707. The number of hydrogen-bond donors (Lipinski definition) is 2. The summed E-state index contributed by atoms with van der Waals surface area (Å²) in [5, 5.41) is 25.6. The topological polar surface area (TPSA) is 105 Å². The van der Waals surface area contributed by atoms with Gasteiger partial charge in [-0.25, -0.2) is 4.98 Å². The van der Waals surface area contributed by atoms with Gasteiger partial charge in [0.2, 0.25) is 0 Å². The molecule has 0 radical (unpaired) electrons. The summed E-state index contributed by atoms with van der Waals surface area (Å²) in [6, 6.07) is 3.50. The molecule has 110 valence electrons. The molecule has 1 aromatic carbocycles. The predicted octanol–water partition coefficient (Wildman–Crippen LogP) is 2.29. The van der Waals surface area contributed by atoms with Crippen LogP contribution in [0.1, 0.15) is 28.2 Å². The van der Waals surface area contributed by atoms with Crippen molar-refractivity contribution in [1.82, 2.24) is 10.3 Å². The number of nitro groups is 1. The number of aromatic nitrogens is 1. The van der Waals surface area contributed by atoms with E-state index in [0.717, 1.165) is 17.1 Å². The molecule has 2 N–H and O–H groups in total. The van der Waals surface area contributed by atoms with E-state index in [0.29, 0.717) is 6.54 Å². The first-order chi connectivity index (χ1) is 9.99. The van der Waals surface area contributed by atoms with Crippen molar-refractivity contribution in [2.75, 3.05) is 6.54 Å². The lowest BCUT2D eigenvalue weighted by atomic mass is 10.1. The first-order valence-electron chi connectivity index (χ1n) is 6.14. The number of phenols is 1. The Labute approximate surface area is 124 Å². The number of phenolic OH excluding ortho intramolecular Hbond substituents is 1. The standard InChI is InChI=1S/C13H13N3O4S/c1-8(13-14-4-5-21-13)7-15-12(18)9-2-3-10(16(19)20)11(17)6-9/h2-6,8,17H,7H2,1H3,(H,15,18). The number of aromatic hydroxyl groups is 1. The Bertz CT molecular complexity index is 657. The fourth-order valence-electron chi connectivity index (χ4n) is 1.73. The van der Waals surface area contributed by atoms with Gasteiger partial charge in [0.25, 0.3) is 5.91 Å². The van der Waals surface area contributed by atoms with Crippen molar-refractivity contribution in [3.8, 4) is 5.75 Å². The second-order valence-electron chi connectivity index (χ2n) is 4.44. The Kier molecular flexibility index (Phi) is 4.49. The van der Waals surface area contributed by atoms with Crippen LogP contribution in [0.25, 0.3) is 0 Å². The summed E-state index contributed by atoms with van der Waals surface area (Å²) in [4.78, 5) is 26.0. The molecule has 2 aromatic rings. The molecule has 2 rings (SSSR count). The Morgan fingerprint density at radius 1 is 1.57 bits per heavy atom. The molecule has 1 atom stereocenters. The van der Waals surface area contributed by atoms with Crippen LogP contribution < -0.4 is 5.32 Å². The summed E-state index contributed by atoms with van der Waals surface area (Å²) in [5.74, 6) is -0.857. The van der Waals surface area contributed by atoms with Crippen molar-refractivity contribution in [2.24, 2.45) is 0 Å². The largest absolute Gasteiger partial charge is 0.502 e. The number of amides is 1. The first kappa shape index (κ1) is 14.9. The molecule has 1 amide bonds. The van der Waals surface area contributed by atoms with Gasteiger partial charge in [-0.2, -0.15) is 0 Å². The van der Waals surface area contributed by atoms with E-state index in [4.69, 9.17) is 0 Å². The number of carbonyl (C=O) groups is 1. The van der Waals surface area contributed by atoms with Gasteiger partial charge in [-0.15, -0.1) is 11.3 Å². The fourth-order valence-corrected chi connectivity index (χ4v) is 2.43. The highest BCUT2D eigenvalue weighted by Gasteiger charge is 2.17.